The smallest absolute Gasteiger partial charge is 0.321 e. The number of nitrogens with zero attached hydrogens (tertiary/aromatic N) is 3. The number of halogens is 1. The average molecular weight is 359 g/mol. The molecule has 2 amide bonds. The highest BCUT2D eigenvalue weighted by Gasteiger charge is 2.15. The lowest BCUT2D eigenvalue weighted by molar-refractivity contribution is 0.220. The van der Waals surface area contributed by atoms with Crippen LogP contribution in [-0.4, -0.2) is 36.1 Å². The van der Waals surface area contributed by atoms with E-state index in [1.807, 2.05) is 30.3 Å². The van der Waals surface area contributed by atoms with Crippen molar-refractivity contribution in [3.8, 4) is 0 Å². The second-order valence-corrected chi connectivity index (χ2v) is 6.76. The Labute approximate surface area is 153 Å². The van der Waals surface area contributed by atoms with Gasteiger partial charge in [-0.2, -0.15) is 0 Å². The molecule has 1 aromatic heterocycles. The van der Waals surface area contributed by atoms with Crippen molar-refractivity contribution in [2.24, 2.45) is 0 Å². The standard InChI is InChI=1S/C19H23ClN4O/c1-23(14-15-7-9-21-10-8-15)19(25)22-16-5-6-18(17(20)13-16)24-11-3-2-4-12-24/h5-10,13H,2-4,11-12,14H2,1H3,(H,22,25). The molecule has 0 unspecified atom stereocenters. The monoisotopic (exact) mass is 358 g/mol. The van der Waals surface area contributed by atoms with Crippen LogP contribution in [0.5, 0.6) is 0 Å². The lowest BCUT2D eigenvalue weighted by atomic mass is 10.1. The third kappa shape index (κ3) is 4.63. The van der Waals surface area contributed by atoms with Gasteiger partial charge in [0.15, 0.2) is 0 Å². The first-order valence-corrected chi connectivity index (χ1v) is 8.97. The quantitative estimate of drug-likeness (QED) is 0.881. The molecule has 0 spiro atoms. The van der Waals surface area contributed by atoms with Gasteiger partial charge < -0.3 is 15.1 Å². The minimum absolute atomic E-state index is 0.168. The van der Waals surface area contributed by atoms with Crippen LogP contribution in [0, 0.1) is 0 Å². The SMILES string of the molecule is CN(Cc1ccncc1)C(=O)Nc1ccc(N2CCCCC2)c(Cl)c1. The van der Waals surface area contributed by atoms with Crippen molar-refractivity contribution in [1.29, 1.82) is 0 Å². The molecule has 132 valence electrons. The molecule has 5 nitrogen and oxygen atoms in total. The fraction of sp³-hybridized carbons (Fsp3) is 0.368. The molecule has 6 heteroatoms. The summed E-state index contributed by atoms with van der Waals surface area (Å²) in [7, 11) is 1.76. The third-order valence-electron chi connectivity index (χ3n) is 4.41. The molecule has 1 N–H and O–H groups in total. The molecule has 0 atom stereocenters. The van der Waals surface area contributed by atoms with Crippen LogP contribution >= 0.6 is 11.6 Å². The molecule has 2 aromatic rings. The number of carbonyl (C=O) groups is 1. The van der Waals surface area contributed by atoms with E-state index in [0.717, 1.165) is 24.3 Å². The van der Waals surface area contributed by atoms with E-state index in [1.54, 1.807) is 24.3 Å². The Balaban J connectivity index is 1.62. The third-order valence-corrected chi connectivity index (χ3v) is 4.71. The highest BCUT2D eigenvalue weighted by molar-refractivity contribution is 6.33. The number of benzene rings is 1. The fourth-order valence-electron chi connectivity index (χ4n) is 3.03. The highest BCUT2D eigenvalue weighted by atomic mass is 35.5. The first-order valence-electron chi connectivity index (χ1n) is 8.59. The van der Waals surface area contributed by atoms with E-state index in [1.165, 1.54) is 19.3 Å². The minimum atomic E-state index is -0.168. The molecule has 1 aliphatic heterocycles. The van der Waals surface area contributed by atoms with Gasteiger partial charge >= 0.3 is 6.03 Å². The Morgan fingerprint density at radius 2 is 1.92 bits per heavy atom. The van der Waals surface area contributed by atoms with Gasteiger partial charge in [0.2, 0.25) is 0 Å². The van der Waals surface area contributed by atoms with Crippen LogP contribution in [0.1, 0.15) is 24.8 Å². The molecular formula is C19H23ClN4O. The lowest BCUT2D eigenvalue weighted by Gasteiger charge is -2.29. The number of urea groups is 1. The van der Waals surface area contributed by atoms with Crippen LogP contribution in [0.15, 0.2) is 42.7 Å². The first kappa shape index (κ1) is 17.5. The number of nitrogens with one attached hydrogen (secondary N) is 1. The van der Waals surface area contributed by atoms with E-state index >= 15 is 0 Å². The van der Waals surface area contributed by atoms with Gasteiger partial charge in [0.25, 0.3) is 0 Å². The summed E-state index contributed by atoms with van der Waals surface area (Å²) in [6.45, 7) is 2.61. The van der Waals surface area contributed by atoms with Crippen molar-refractivity contribution in [3.63, 3.8) is 0 Å². The van der Waals surface area contributed by atoms with Crippen LogP contribution in [0.4, 0.5) is 16.2 Å². The topological polar surface area (TPSA) is 48.5 Å². The molecule has 0 saturated carbocycles. The number of pyridine rings is 1. The van der Waals surface area contributed by atoms with Crippen LogP contribution in [0.2, 0.25) is 5.02 Å². The molecular weight excluding hydrogens is 336 g/mol. The van der Waals surface area contributed by atoms with Crippen molar-refractivity contribution in [2.45, 2.75) is 25.8 Å². The number of hydrogen-bond acceptors (Lipinski definition) is 3. The maximum Gasteiger partial charge on any atom is 0.321 e. The summed E-state index contributed by atoms with van der Waals surface area (Å²) in [4.78, 5) is 20.3. The van der Waals surface area contributed by atoms with E-state index in [-0.39, 0.29) is 6.03 Å². The van der Waals surface area contributed by atoms with E-state index in [0.29, 0.717) is 17.3 Å². The molecule has 25 heavy (non-hydrogen) atoms. The van der Waals surface area contributed by atoms with Crippen LogP contribution in [-0.2, 0) is 6.54 Å². The first-order chi connectivity index (χ1) is 12.1. The fourth-order valence-corrected chi connectivity index (χ4v) is 3.33. The maximum absolute atomic E-state index is 12.4. The van der Waals surface area contributed by atoms with Crippen molar-refractivity contribution in [1.82, 2.24) is 9.88 Å². The molecule has 1 aromatic carbocycles. The van der Waals surface area contributed by atoms with Crippen LogP contribution in [0.25, 0.3) is 0 Å². The van der Waals surface area contributed by atoms with Crippen molar-refractivity contribution >= 4 is 29.0 Å². The normalized spacial score (nSPS) is 14.2. The summed E-state index contributed by atoms with van der Waals surface area (Å²) in [5.41, 5.74) is 2.79. The van der Waals surface area contributed by atoms with Gasteiger partial charge in [0.05, 0.1) is 10.7 Å². The summed E-state index contributed by atoms with van der Waals surface area (Å²) in [6, 6.07) is 9.35. The largest absolute Gasteiger partial charge is 0.370 e. The van der Waals surface area contributed by atoms with Crippen LogP contribution in [0.3, 0.4) is 0 Å². The van der Waals surface area contributed by atoms with Crippen molar-refractivity contribution in [3.05, 3.63) is 53.3 Å². The Morgan fingerprint density at radius 1 is 1.20 bits per heavy atom. The van der Waals surface area contributed by atoms with Gasteiger partial charge in [-0.05, 0) is 55.2 Å². The van der Waals surface area contributed by atoms with Gasteiger partial charge in [-0.3, -0.25) is 4.98 Å². The molecule has 0 bridgehead atoms. The second-order valence-electron chi connectivity index (χ2n) is 6.36. The van der Waals surface area contributed by atoms with Gasteiger partial charge in [-0.15, -0.1) is 0 Å². The highest BCUT2D eigenvalue weighted by Crippen LogP contribution is 2.30. The number of carbonyl (C=O) groups excluding carboxylic acids is 1. The number of amides is 2. The van der Waals surface area contributed by atoms with Crippen molar-refractivity contribution < 1.29 is 4.79 Å². The van der Waals surface area contributed by atoms with E-state index in [9.17, 15) is 4.79 Å². The number of anilines is 2. The number of aromatic nitrogens is 1. The van der Waals surface area contributed by atoms with Gasteiger partial charge in [0, 0.05) is 44.8 Å². The Bertz CT molecular complexity index is 717. The van der Waals surface area contributed by atoms with Gasteiger partial charge in [-0.25, -0.2) is 4.79 Å². The number of piperidine rings is 1. The molecule has 0 radical (unpaired) electrons. The predicted molar refractivity (Wildman–Crippen MR) is 102 cm³/mol. The summed E-state index contributed by atoms with van der Waals surface area (Å²) < 4.78 is 0. The minimum Gasteiger partial charge on any atom is -0.370 e. The van der Waals surface area contributed by atoms with Crippen LogP contribution < -0.4 is 10.2 Å². The van der Waals surface area contributed by atoms with E-state index in [4.69, 9.17) is 11.6 Å². The molecule has 1 fully saturated rings. The zero-order chi connectivity index (χ0) is 17.6. The lowest BCUT2D eigenvalue weighted by Crippen LogP contribution is -2.31. The summed E-state index contributed by atoms with van der Waals surface area (Å²) in [5, 5.41) is 3.58. The van der Waals surface area contributed by atoms with Gasteiger partial charge in [-0.1, -0.05) is 11.6 Å². The maximum atomic E-state index is 12.4. The predicted octanol–water partition coefficient (Wildman–Crippen LogP) is 4.39. The zero-order valence-corrected chi connectivity index (χ0v) is 15.2. The Morgan fingerprint density at radius 3 is 2.60 bits per heavy atom. The number of rotatable bonds is 4. The average Bonchev–Trinajstić information content (AvgIpc) is 2.63. The molecule has 3 rings (SSSR count). The molecule has 2 heterocycles. The van der Waals surface area contributed by atoms with Gasteiger partial charge in [0.1, 0.15) is 0 Å². The van der Waals surface area contributed by atoms with E-state index in [2.05, 4.69) is 15.2 Å². The Kier molecular flexibility index (Phi) is 5.76. The summed E-state index contributed by atoms with van der Waals surface area (Å²) >= 11 is 6.44. The molecule has 1 saturated heterocycles. The van der Waals surface area contributed by atoms with E-state index < -0.39 is 0 Å². The molecule has 0 aliphatic carbocycles. The second kappa shape index (κ2) is 8.21. The Hall–Kier alpha value is -2.27. The number of hydrogen-bond donors (Lipinski definition) is 1. The van der Waals surface area contributed by atoms with Crippen molar-refractivity contribution in [2.75, 3.05) is 30.4 Å². The summed E-state index contributed by atoms with van der Waals surface area (Å²) in [6.07, 6.45) is 7.13. The molecule has 1 aliphatic rings. The summed E-state index contributed by atoms with van der Waals surface area (Å²) in [5.74, 6) is 0. The zero-order valence-electron chi connectivity index (χ0n) is 14.4.